The van der Waals surface area contributed by atoms with Crippen LogP contribution >= 0.6 is 36.4 Å². The number of hydrogen-bond acceptors (Lipinski definition) is 3. The van der Waals surface area contributed by atoms with E-state index in [2.05, 4.69) is 10.3 Å². The lowest BCUT2D eigenvalue weighted by atomic mass is 9.78. The summed E-state index contributed by atoms with van der Waals surface area (Å²) in [5.41, 5.74) is 0.925. The van der Waals surface area contributed by atoms with Gasteiger partial charge in [-0.05, 0) is 43.4 Å². The molecular formula is C14H20Cl3N3O. The van der Waals surface area contributed by atoms with Gasteiger partial charge in [-0.3, -0.25) is 4.79 Å². The van der Waals surface area contributed by atoms with Crippen LogP contribution in [0.1, 0.15) is 29.8 Å². The lowest BCUT2D eigenvalue weighted by Crippen LogP contribution is -2.44. The Balaban J connectivity index is 0.00000110. The van der Waals surface area contributed by atoms with Crippen molar-refractivity contribution in [3.05, 3.63) is 29.0 Å². The molecule has 2 saturated heterocycles. The van der Waals surface area contributed by atoms with Gasteiger partial charge in [-0.2, -0.15) is 0 Å². The molecule has 1 N–H and O–H groups in total. The van der Waals surface area contributed by atoms with Crippen LogP contribution in [-0.4, -0.2) is 42.0 Å². The first-order chi connectivity index (χ1) is 9.19. The molecule has 4 nitrogen and oxygen atoms in total. The van der Waals surface area contributed by atoms with Gasteiger partial charge in [0.15, 0.2) is 0 Å². The molecule has 0 radical (unpaired) electrons. The summed E-state index contributed by atoms with van der Waals surface area (Å²) in [7, 11) is 0. The zero-order chi connectivity index (χ0) is 13.3. The molecule has 0 bridgehead atoms. The molecule has 7 heteroatoms. The molecule has 1 spiro atoms. The number of aromatic nitrogens is 1. The molecular weight excluding hydrogens is 333 g/mol. The van der Waals surface area contributed by atoms with E-state index in [0.717, 1.165) is 39.0 Å². The molecule has 1 aromatic heterocycles. The topological polar surface area (TPSA) is 45.2 Å². The van der Waals surface area contributed by atoms with Crippen molar-refractivity contribution in [3.63, 3.8) is 0 Å². The van der Waals surface area contributed by atoms with E-state index in [4.69, 9.17) is 11.6 Å². The minimum absolute atomic E-state index is 0. The minimum Gasteiger partial charge on any atom is -0.337 e. The summed E-state index contributed by atoms with van der Waals surface area (Å²) in [6.07, 6.45) is 4.97. The van der Waals surface area contributed by atoms with E-state index in [1.807, 2.05) is 4.90 Å². The maximum atomic E-state index is 12.3. The number of amides is 1. The van der Waals surface area contributed by atoms with Crippen molar-refractivity contribution < 1.29 is 4.79 Å². The number of likely N-dealkylation sites (tertiary alicyclic amines) is 1. The second-order valence-electron chi connectivity index (χ2n) is 5.58. The summed E-state index contributed by atoms with van der Waals surface area (Å²) in [4.78, 5) is 18.3. The van der Waals surface area contributed by atoms with Crippen molar-refractivity contribution >= 4 is 42.3 Å². The van der Waals surface area contributed by atoms with Crippen molar-refractivity contribution in [1.82, 2.24) is 15.2 Å². The van der Waals surface area contributed by atoms with E-state index in [0.29, 0.717) is 16.1 Å². The molecule has 118 valence electrons. The van der Waals surface area contributed by atoms with Crippen LogP contribution in [0.3, 0.4) is 0 Å². The summed E-state index contributed by atoms with van der Waals surface area (Å²) in [5.74, 6) is 0.0254. The predicted molar refractivity (Wildman–Crippen MR) is 88.8 cm³/mol. The molecule has 2 aliphatic heterocycles. The summed E-state index contributed by atoms with van der Waals surface area (Å²) >= 11 is 5.79. The molecule has 1 aromatic rings. The Kier molecular flexibility index (Phi) is 6.72. The number of hydrogen-bond donors (Lipinski definition) is 1. The van der Waals surface area contributed by atoms with E-state index >= 15 is 0 Å². The van der Waals surface area contributed by atoms with E-state index in [1.165, 1.54) is 12.6 Å². The van der Waals surface area contributed by atoms with E-state index in [9.17, 15) is 4.79 Å². The van der Waals surface area contributed by atoms with Gasteiger partial charge < -0.3 is 10.2 Å². The largest absolute Gasteiger partial charge is 0.337 e. The molecule has 0 aromatic carbocycles. The third kappa shape index (κ3) is 4.01. The Morgan fingerprint density at radius 3 is 2.48 bits per heavy atom. The van der Waals surface area contributed by atoms with Gasteiger partial charge in [0, 0.05) is 25.8 Å². The number of carbonyl (C=O) groups is 1. The Labute approximate surface area is 142 Å². The fraction of sp³-hybridized carbons (Fsp3) is 0.571. The van der Waals surface area contributed by atoms with Gasteiger partial charge in [-0.15, -0.1) is 24.8 Å². The van der Waals surface area contributed by atoms with Gasteiger partial charge >= 0.3 is 0 Å². The normalized spacial score (nSPS) is 19.8. The van der Waals surface area contributed by atoms with Crippen molar-refractivity contribution in [2.24, 2.45) is 5.41 Å². The third-order valence-electron chi connectivity index (χ3n) is 4.39. The number of rotatable bonds is 1. The van der Waals surface area contributed by atoms with E-state index in [1.54, 1.807) is 12.1 Å². The lowest BCUT2D eigenvalue weighted by Gasteiger charge is -2.38. The first kappa shape index (κ1) is 18.5. The molecule has 2 aliphatic rings. The molecule has 0 aliphatic carbocycles. The number of halogens is 3. The molecule has 21 heavy (non-hydrogen) atoms. The SMILES string of the molecule is Cl.Cl.O=C(c1ccc(Cl)cn1)N1CCC2(CCNC2)CC1. The Hall–Kier alpha value is -0.550. The molecule has 1 amide bonds. The fourth-order valence-corrected chi connectivity index (χ4v) is 3.18. The van der Waals surface area contributed by atoms with E-state index < -0.39 is 0 Å². The number of carbonyl (C=O) groups excluding carboxylic acids is 1. The van der Waals surface area contributed by atoms with Crippen molar-refractivity contribution in [1.29, 1.82) is 0 Å². The molecule has 0 unspecified atom stereocenters. The van der Waals surface area contributed by atoms with Crippen LogP contribution in [0.4, 0.5) is 0 Å². The Bertz CT molecular complexity index is 465. The number of piperidine rings is 1. The summed E-state index contributed by atoms with van der Waals surface area (Å²) in [6, 6.07) is 3.42. The van der Waals surface area contributed by atoms with Crippen LogP contribution in [0.5, 0.6) is 0 Å². The molecule has 2 fully saturated rings. The maximum Gasteiger partial charge on any atom is 0.272 e. The highest BCUT2D eigenvalue weighted by atomic mass is 35.5. The number of pyridine rings is 1. The van der Waals surface area contributed by atoms with Crippen molar-refractivity contribution in [2.75, 3.05) is 26.2 Å². The van der Waals surface area contributed by atoms with Gasteiger partial charge in [0.05, 0.1) is 5.02 Å². The van der Waals surface area contributed by atoms with Crippen LogP contribution in [0.2, 0.25) is 5.02 Å². The summed E-state index contributed by atoms with van der Waals surface area (Å²) in [6.45, 7) is 3.90. The Morgan fingerprint density at radius 2 is 1.95 bits per heavy atom. The van der Waals surface area contributed by atoms with Gasteiger partial charge in [0.25, 0.3) is 5.91 Å². The van der Waals surface area contributed by atoms with Crippen LogP contribution in [0, 0.1) is 5.41 Å². The smallest absolute Gasteiger partial charge is 0.272 e. The maximum absolute atomic E-state index is 12.3. The van der Waals surface area contributed by atoms with E-state index in [-0.39, 0.29) is 30.7 Å². The molecule has 0 atom stereocenters. The van der Waals surface area contributed by atoms with Crippen LogP contribution in [0.25, 0.3) is 0 Å². The average Bonchev–Trinajstić information content (AvgIpc) is 2.88. The zero-order valence-corrected chi connectivity index (χ0v) is 14.1. The molecule has 0 saturated carbocycles. The van der Waals surface area contributed by atoms with Crippen LogP contribution in [-0.2, 0) is 0 Å². The quantitative estimate of drug-likeness (QED) is 0.845. The Morgan fingerprint density at radius 1 is 1.24 bits per heavy atom. The summed E-state index contributed by atoms with van der Waals surface area (Å²) < 4.78 is 0. The highest BCUT2D eigenvalue weighted by molar-refractivity contribution is 6.30. The monoisotopic (exact) mass is 351 g/mol. The molecule has 3 rings (SSSR count). The third-order valence-corrected chi connectivity index (χ3v) is 4.61. The van der Waals surface area contributed by atoms with Gasteiger partial charge in [0.1, 0.15) is 5.69 Å². The standard InChI is InChI=1S/C14H18ClN3O.2ClH/c15-11-1-2-12(17-9-11)13(19)18-7-4-14(5-8-18)3-6-16-10-14;;/h1-2,9,16H,3-8,10H2;2*1H. The number of nitrogens with one attached hydrogen (secondary N) is 1. The van der Waals surface area contributed by atoms with Gasteiger partial charge in [-0.25, -0.2) is 4.98 Å². The average molecular weight is 353 g/mol. The zero-order valence-electron chi connectivity index (χ0n) is 11.7. The second-order valence-corrected chi connectivity index (χ2v) is 6.02. The highest BCUT2D eigenvalue weighted by Crippen LogP contribution is 2.37. The first-order valence-electron chi connectivity index (χ1n) is 6.80. The summed E-state index contributed by atoms with van der Waals surface area (Å²) in [5, 5.41) is 4.00. The predicted octanol–water partition coefficient (Wildman–Crippen LogP) is 2.79. The van der Waals surface area contributed by atoms with Crippen LogP contribution < -0.4 is 5.32 Å². The van der Waals surface area contributed by atoms with Crippen LogP contribution in [0.15, 0.2) is 18.3 Å². The van der Waals surface area contributed by atoms with Crippen molar-refractivity contribution in [2.45, 2.75) is 19.3 Å². The van der Waals surface area contributed by atoms with Crippen molar-refractivity contribution in [3.8, 4) is 0 Å². The highest BCUT2D eigenvalue weighted by Gasteiger charge is 2.38. The second kappa shape index (κ2) is 7.63. The lowest BCUT2D eigenvalue weighted by molar-refractivity contribution is 0.0602. The first-order valence-corrected chi connectivity index (χ1v) is 7.18. The van der Waals surface area contributed by atoms with Gasteiger partial charge in [-0.1, -0.05) is 11.6 Å². The molecule has 3 heterocycles. The number of nitrogens with zero attached hydrogens (tertiary/aromatic N) is 2. The minimum atomic E-state index is 0. The van der Waals surface area contributed by atoms with Gasteiger partial charge in [0.2, 0.25) is 0 Å². The fourth-order valence-electron chi connectivity index (χ4n) is 3.07.